The summed E-state index contributed by atoms with van der Waals surface area (Å²) < 4.78 is 0. The van der Waals surface area contributed by atoms with E-state index < -0.39 is 0 Å². The van der Waals surface area contributed by atoms with E-state index in [9.17, 15) is 0 Å². The molecule has 0 saturated heterocycles. The standard InChI is InChI=1S/C34H30.C32H26/c1-23-11-15-27(16-12-23)29-7-5-9-31(21-29)33-19-25(3)26(4)20-34(33)32-10-6-8-30(22-32)28-17-13-24(2)14-18-28;1-23-9-3-5-15-31(23)29-13-7-11-27(21-29)25-17-19-26(20-18-25)28-12-8-14-30(22-28)32-16-6-4-10-24(32)2/h5-22H,1-4H3;3-22H,1-2H3. The van der Waals surface area contributed by atoms with Crippen LogP contribution in [0, 0.1) is 41.5 Å². The van der Waals surface area contributed by atoms with Crippen molar-refractivity contribution >= 4 is 0 Å². The van der Waals surface area contributed by atoms with Gasteiger partial charge in [0.2, 0.25) is 0 Å². The molecule has 0 aliphatic heterocycles. The van der Waals surface area contributed by atoms with Crippen molar-refractivity contribution in [1.82, 2.24) is 0 Å². The van der Waals surface area contributed by atoms with Gasteiger partial charge >= 0.3 is 0 Å². The fourth-order valence-electron chi connectivity index (χ4n) is 8.90. The summed E-state index contributed by atoms with van der Waals surface area (Å²) in [7, 11) is 0. The van der Waals surface area contributed by atoms with Gasteiger partial charge in [0.05, 0.1) is 0 Å². The first-order valence-corrected chi connectivity index (χ1v) is 23.1. The molecule has 0 saturated carbocycles. The quantitative estimate of drug-likeness (QED) is 0.143. The summed E-state index contributed by atoms with van der Waals surface area (Å²) in [6.07, 6.45) is 0. The lowest BCUT2D eigenvalue weighted by molar-refractivity contribution is 1.34. The molecule has 0 fully saturated rings. The van der Waals surface area contributed by atoms with E-state index >= 15 is 0 Å². The first-order valence-electron chi connectivity index (χ1n) is 23.1. The highest BCUT2D eigenvalue weighted by molar-refractivity contribution is 5.88. The van der Waals surface area contributed by atoms with Gasteiger partial charge in [0.25, 0.3) is 0 Å². The number of hydrogen-bond acceptors (Lipinski definition) is 0. The highest BCUT2D eigenvalue weighted by atomic mass is 14.2. The molecular formula is C66H56. The van der Waals surface area contributed by atoms with Crippen molar-refractivity contribution in [2.45, 2.75) is 41.5 Å². The minimum atomic E-state index is 1.24. The maximum Gasteiger partial charge on any atom is -0.0102 e. The minimum Gasteiger partial charge on any atom is -0.0620 e. The van der Waals surface area contributed by atoms with Crippen molar-refractivity contribution in [2.75, 3.05) is 0 Å². The fraction of sp³-hybridized carbons (Fsp3) is 0.0909. The van der Waals surface area contributed by atoms with E-state index in [4.69, 9.17) is 0 Å². The van der Waals surface area contributed by atoms with Crippen LogP contribution in [-0.4, -0.2) is 0 Å². The van der Waals surface area contributed by atoms with Gasteiger partial charge in [-0.3, -0.25) is 0 Å². The SMILES string of the molecule is Cc1ccc(-c2cccc(-c3cc(C)c(C)cc3-c3cccc(-c4ccc(C)cc4)c3)c2)cc1.Cc1ccccc1-c1cccc(-c2ccc(-c3cccc(-c4ccccc4C)c3)cc2)c1. The summed E-state index contributed by atoms with van der Waals surface area (Å²) in [6.45, 7) is 13.0. The molecule has 0 heteroatoms. The van der Waals surface area contributed by atoms with E-state index in [1.807, 2.05) is 0 Å². The zero-order valence-electron chi connectivity index (χ0n) is 38.9. The zero-order chi connectivity index (χ0) is 45.6. The molecule has 0 aliphatic carbocycles. The normalized spacial score (nSPS) is 10.9. The van der Waals surface area contributed by atoms with Crippen LogP contribution in [0.3, 0.4) is 0 Å². The predicted molar refractivity (Wildman–Crippen MR) is 285 cm³/mol. The number of benzene rings is 10. The van der Waals surface area contributed by atoms with E-state index in [-0.39, 0.29) is 0 Å². The molecule has 0 N–H and O–H groups in total. The molecule has 0 unspecified atom stereocenters. The van der Waals surface area contributed by atoms with Gasteiger partial charge in [-0.2, -0.15) is 0 Å². The van der Waals surface area contributed by atoms with Gasteiger partial charge in [0.1, 0.15) is 0 Å². The Hall–Kier alpha value is -7.80. The van der Waals surface area contributed by atoms with Gasteiger partial charge in [-0.15, -0.1) is 0 Å². The minimum absolute atomic E-state index is 1.24. The lowest BCUT2D eigenvalue weighted by Gasteiger charge is -2.16. The Morgan fingerprint density at radius 1 is 0.167 bits per heavy atom. The second-order valence-corrected chi connectivity index (χ2v) is 17.7. The Kier molecular flexibility index (Phi) is 12.9. The van der Waals surface area contributed by atoms with Gasteiger partial charge in [0.15, 0.2) is 0 Å². The van der Waals surface area contributed by atoms with Gasteiger partial charge in [-0.05, 0) is 177 Å². The number of hydrogen-bond donors (Lipinski definition) is 0. The monoisotopic (exact) mass is 848 g/mol. The maximum absolute atomic E-state index is 2.34. The van der Waals surface area contributed by atoms with Gasteiger partial charge in [0, 0.05) is 0 Å². The van der Waals surface area contributed by atoms with E-state index in [1.54, 1.807) is 0 Å². The van der Waals surface area contributed by atoms with Crippen molar-refractivity contribution < 1.29 is 0 Å². The van der Waals surface area contributed by atoms with E-state index in [0.29, 0.717) is 0 Å². The third-order valence-corrected chi connectivity index (χ3v) is 12.9. The molecule has 0 heterocycles. The zero-order valence-corrected chi connectivity index (χ0v) is 38.9. The van der Waals surface area contributed by atoms with Crippen LogP contribution in [0.25, 0.3) is 89.0 Å². The molecule has 0 radical (unpaired) electrons. The van der Waals surface area contributed by atoms with E-state index in [1.165, 1.54) is 122 Å². The van der Waals surface area contributed by atoms with Crippen LogP contribution in [0.1, 0.15) is 33.4 Å². The Labute approximate surface area is 392 Å². The lowest BCUT2D eigenvalue weighted by atomic mass is 9.88. The average Bonchev–Trinajstić information content (AvgIpc) is 3.36. The summed E-state index contributed by atoms with van der Waals surface area (Å²) in [5, 5.41) is 0. The molecule has 0 atom stereocenters. The molecule has 0 aliphatic rings. The van der Waals surface area contributed by atoms with Crippen LogP contribution in [0.2, 0.25) is 0 Å². The van der Waals surface area contributed by atoms with Crippen LogP contribution >= 0.6 is 0 Å². The first kappa shape index (κ1) is 43.5. The predicted octanol–water partition coefficient (Wildman–Crippen LogP) is 18.6. The fourth-order valence-corrected chi connectivity index (χ4v) is 8.90. The van der Waals surface area contributed by atoms with Gasteiger partial charge < -0.3 is 0 Å². The van der Waals surface area contributed by atoms with E-state index in [0.717, 1.165) is 0 Å². The van der Waals surface area contributed by atoms with Crippen LogP contribution < -0.4 is 0 Å². The summed E-state index contributed by atoms with van der Waals surface area (Å²) in [4.78, 5) is 0. The van der Waals surface area contributed by atoms with Gasteiger partial charge in [-0.25, -0.2) is 0 Å². The van der Waals surface area contributed by atoms with Crippen molar-refractivity contribution in [3.8, 4) is 89.0 Å². The topological polar surface area (TPSA) is 0 Å². The summed E-state index contributed by atoms with van der Waals surface area (Å²) in [5.41, 5.74) is 27.9. The number of aryl methyl sites for hydroxylation is 6. The Bertz CT molecular complexity index is 3050. The van der Waals surface area contributed by atoms with E-state index in [2.05, 4.69) is 272 Å². The lowest BCUT2D eigenvalue weighted by Crippen LogP contribution is -1.91. The van der Waals surface area contributed by atoms with Crippen LogP contribution in [0.15, 0.2) is 231 Å². The second-order valence-electron chi connectivity index (χ2n) is 17.7. The Morgan fingerprint density at radius 2 is 0.424 bits per heavy atom. The molecule has 0 amide bonds. The third kappa shape index (κ3) is 9.80. The highest BCUT2D eigenvalue weighted by Crippen LogP contribution is 2.38. The molecule has 320 valence electrons. The molecule has 10 rings (SSSR count). The van der Waals surface area contributed by atoms with Crippen LogP contribution in [0.4, 0.5) is 0 Å². The highest BCUT2D eigenvalue weighted by Gasteiger charge is 2.13. The van der Waals surface area contributed by atoms with Crippen molar-refractivity contribution in [3.05, 3.63) is 264 Å². The van der Waals surface area contributed by atoms with Crippen LogP contribution in [0.5, 0.6) is 0 Å². The second kappa shape index (κ2) is 19.5. The molecule has 0 bridgehead atoms. The third-order valence-electron chi connectivity index (χ3n) is 12.9. The molecule has 0 spiro atoms. The molecule has 10 aromatic rings. The van der Waals surface area contributed by atoms with Gasteiger partial charge in [-0.1, -0.05) is 217 Å². The van der Waals surface area contributed by atoms with Crippen molar-refractivity contribution in [1.29, 1.82) is 0 Å². The molecular weight excluding hydrogens is 793 g/mol. The number of rotatable bonds is 8. The largest absolute Gasteiger partial charge is 0.0620 e. The Balaban J connectivity index is 0.000000166. The first-order chi connectivity index (χ1) is 32.2. The molecule has 66 heavy (non-hydrogen) atoms. The average molecular weight is 849 g/mol. The maximum atomic E-state index is 2.34. The summed E-state index contributed by atoms with van der Waals surface area (Å²) in [5.74, 6) is 0. The summed E-state index contributed by atoms with van der Waals surface area (Å²) in [6, 6.07) is 83.8. The summed E-state index contributed by atoms with van der Waals surface area (Å²) >= 11 is 0. The smallest absolute Gasteiger partial charge is 0.0102 e. The Morgan fingerprint density at radius 3 is 0.727 bits per heavy atom. The van der Waals surface area contributed by atoms with Crippen molar-refractivity contribution in [3.63, 3.8) is 0 Å². The molecule has 10 aromatic carbocycles. The molecule has 0 nitrogen and oxygen atoms in total. The van der Waals surface area contributed by atoms with Crippen LogP contribution in [-0.2, 0) is 0 Å². The van der Waals surface area contributed by atoms with Crippen molar-refractivity contribution in [2.24, 2.45) is 0 Å². The molecule has 0 aromatic heterocycles.